The third-order valence-electron chi connectivity index (χ3n) is 2.84. The summed E-state index contributed by atoms with van der Waals surface area (Å²) in [6.07, 6.45) is 1.72. The van der Waals surface area contributed by atoms with Gasteiger partial charge in [0, 0.05) is 0 Å². The molecule has 0 aromatic heterocycles. The first kappa shape index (κ1) is 12.2. The van der Waals surface area contributed by atoms with Crippen LogP contribution in [0.25, 0.3) is 0 Å². The fourth-order valence-corrected chi connectivity index (χ4v) is 1.77. The molecule has 0 aliphatic carbocycles. The number of carbonyl (C=O) groups is 1. The summed E-state index contributed by atoms with van der Waals surface area (Å²) in [4.78, 5) is 10.7. The molecule has 0 radical (unpaired) electrons. The maximum Gasteiger partial charge on any atom is 0.335 e. The van der Waals surface area contributed by atoms with Crippen LogP contribution in [0.3, 0.4) is 0 Å². The normalized spacial score (nSPS) is 10.2. The number of benzene rings is 2. The lowest BCUT2D eigenvalue weighted by molar-refractivity contribution is 0.0697. The van der Waals surface area contributed by atoms with Crippen LogP contribution in [0.4, 0.5) is 0 Å². The third-order valence-corrected chi connectivity index (χ3v) is 2.84. The topological polar surface area (TPSA) is 57.5 Å². The minimum absolute atomic E-state index is 0.268. The highest BCUT2D eigenvalue weighted by Gasteiger charge is 2.02. The quantitative estimate of drug-likeness (QED) is 0.866. The van der Waals surface area contributed by atoms with E-state index >= 15 is 0 Å². The number of hydrogen-bond donors (Lipinski definition) is 2. The SMILES string of the molecule is O=C(O)c1ccc(CCc2ccc(O)cc2)cc1. The summed E-state index contributed by atoms with van der Waals surface area (Å²) < 4.78 is 0. The van der Waals surface area contributed by atoms with Gasteiger partial charge in [-0.25, -0.2) is 4.79 Å². The van der Waals surface area contributed by atoms with Gasteiger partial charge in [-0.05, 0) is 48.2 Å². The van der Waals surface area contributed by atoms with Gasteiger partial charge in [-0.1, -0.05) is 24.3 Å². The van der Waals surface area contributed by atoms with E-state index in [-0.39, 0.29) is 5.75 Å². The zero-order valence-electron chi connectivity index (χ0n) is 9.84. The largest absolute Gasteiger partial charge is 0.508 e. The highest BCUT2D eigenvalue weighted by molar-refractivity contribution is 5.87. The molecule has 0 spiro atoms. The van der Waals surface area contributed by atoms with Gasteiger partial charge in [-0.15, -0.1) is 0 Å². The van der Waals surface area contributed by atoms with E-state index in [1.807, 2.05) is 24.3 Å². The molecule has 2 rings (SSSR count). The molecule has 0 fully saturated rings. The number of rotatable bonds is 4. The van der Waals surface area contributed by atoms with Crippen LogP contribution < -0.4 is 0 Å². The van der Waals surface area contributed by atoms with Crippen molar-refractivity contribution in [3.05, 3.63) is 65.2 Å². The monoisotopic (exact) mass is 242 g/mol. The summed E-state index contributed by atoms with van der Waals surface area (Å²) in [6, 6.07) is 14.0. The van der Waals surface area contributed by atoms with Crippen LogP contribution in [0.15, 0.2) is 48.5 Å². The molecule has 2 aromatic carbocycles. The van der Waals surface area contributed by atoms with Crippen molar-refractivity contribution in [1.82, 2.24) is 0 Å². The minimum Gasteiger partial charge on any atom is -0.508 e. The molecule has 92 valence electrons. The van der Waals surface area contributed by atoms with Gasteiger partial charge < -0.3 is 10.2 Å². The van der Waals surface area contributed by atoms with E-state index in [4.69, 9.17) is 10.2 Å². The van der Waals surface area contributed by atoms with E-state index in [1.54, 1.807) is 24.3 Å². The first-order valence-electron chi connectivity index (χ1n) is 5.75. The first-order valence-corrected chi connectivity index (χ1v) is 5.75. The Morgan fingerprint density at radius 3 is 1.72 bits per heavy atom. The molecule has 3 heteroatoms. The van der Waals surface area contributed by atoms with Crippen molar-refractivity contribution < 1.29 is 15.0 Å². The van der Waals surface area contributed by atoms with Crippen molar-refractivity contribution in [2.45, 2.75) is 12.8 Å². The molecule has 0 bridgehead atoms. The number of phenolic OH excluding ortho intramolecular Hbond substituents is 1. The highest BCUT2D eigenvalue weighted by Crippen LogP contribution is 2.13. The van der Waals surface area contributed by atoms with Gasteiger partial charge in [0.25, 0.3) is 0 Å². The van der Waals surface area contributed by atoms with E-state index in [0.717, 1.165) is 24.0 Å². The summed E-state index contributed by atoms with van der Waals surface area (Å²) in [6.45, 7) is 0. The summed E-state index contributed by atoms with van der Waals surface area (Å²) in [5.41, 5.74) is 2.56. The van der Waals surface area contributed by atoms with Crippen molar-refractivity contribution in [1.29, 1.82) is 0 Å². The number of hydrogen-bond acceptors (Lipinski definition) is 2. The molecule has 0 heterocycles. The van der Waals surface area contributed by atoms with Crippen molar-refractivity contribution in [3.63, 3.8) is 0 Å². The van der Waals surface area contributed by atoms with Crippen LogP contribution in [0, 0.1) is 0 Å². The molecule has 0 saturated carbocycles. The van der Waals surface area contributed by atoms with Gasteiger partial charge in [0.2, 0.25) is 0 Å². The van der Waals surface area contributed by atoms with Crippen LogP contribution in [-0.2, 0) is 12.8 Å². The second-order valence-electron chi connectivity index (χ2n) is 4.17. The maximum atomic E-state index is 10.7. The standard InChI is InChI=1S/C15H14O3/c16-14-9-5-12(6-10-14)2-1-11-3-7-13(8-4-11)15(17)18/h3-10,16H,1-2H2,(H,17,18). The van der Waals surface area contributed by atoms with Gasteiger partial charge in [0.05, 0.1) is 5.56 Å². The molecular weight excluding hydrogens is 228 g/mol. The molecule has 0 amide bonds. The third kappa shape index (κ3) is 3.10. The Labute approximate surface area is 105 Å². The predicted octanol–water partition coefficient (Wildman–Crippen LogP) is 2.88. The van der Waals surface area contributed by atoms with E-state index in [1.165, 1.54) is 0 Å². The second-order valence-corrected chi connectivity index (χ2v) is 4.17. The first-order chi connectivity index (χ1) is 8.65. The van der Waals surface area contributed by atoms with E-state index in [2.05, 4.69) is 0 Å². The van der Waals surface area contributed by atoms with Gasteiger partial charge in [0.15, 0.2) is 0 Å². The van der Waals surface area contributed by atoms with E-state index < -0.39 is 5.97 Å². The van der Waals surface area contributed by atoms with Crippen LogP contribution in [0.5, 0.6) is 5.75 Å². The van der Waals surface area contributed by atoms with Crippen LogP contribution in [-0.4, -0.2) is 16.2 Å². The van der Waals surface area contributed by atoms with E-state index in [0.29, 0.717) is 5.56 Å². The summed E-state index contributed by atoms with van der Waals surface area (Å²) >= 11 is 0. The number of carboxylic acids is 1. The molecule has 0 aliphatic heterocycles. The zero-order chi connectivity index (χ0) is 13.0. The minimum atomic E-state index is -0.903. The average molecular weight is 242 g/mol. The van der Waals surface area contributed by atoms with Gasteiger partial charge in [-0.3, -0.25) is 0 Å². The summed E-state index contributed by atoms with van der Waals surface area (Å²) in [5, 5.41) is 18.0. The lowest BCUT2D eigenvalue weighted by Crippen LogP contribution is -1.97. The van der Waals surface area contributed by atoms with Gasteiger partial charge in [0.1, 0.15) is 5.75 Å². The number of aromatic hydroxyl groups is 1. The van der Waals surface area contributed by atoms with Gasteiger partial charge in [-0.2, -0.15) is 0 Å². The second kappa shape index (κ2) is 5.36. The van der Waals surface area contributed by atoms with Crippen LogP contribution >= 0.6 is 0 Å². The average Bonchev–Trinajstić information content (AvgIpc) is 2.38. The van der Waals surface area contributed by atoms with Crippen molar-refractivity contribution in [2.75, 3.05) is 0 Å². The Morgan fingerprint density at radius 2 is 1.28 bits per heavy atom. The van der Waals surface area contributed by atoms with Crippen LogP contribution in [0.2, 0.25) is 0 Å². The number of aryl methyl sites for hydroxylation is 2. The molecule has 0 saturated heterocycles. The van der Waals surface area contributed by atoms with Gasteiger partial charge >= 0.3 is 5.97 Å². The molecule has 0 unspecified atom stereocenters. The molecule has 2 N–H and O–H groups in total. The fourth-order valence-electron chi connectivity index (χ4n) is 1.77. The Kier molecular flexibility index (Phi) is 3.63. The van der Waals surface area contributed by atoms with Crippen molar-refractivity contribution >= 4 is 5.97 Å². The fraction of sp³-hybridized carbons (Fsp3) is 0.133. The zero-order valence-corrected chi connectivity index (χ0v) is 9.84. The summed E-state index contributed by atoms with van der Waals surface area (Å²) in [5.74, 6) is -0.635. The Morgan fingerprint density at radius 1 is 0.833 bits per heavy atom. The lowest BCUT2D eigenvalue weighted by Gasteiger charge is -2.03. The maximum absolute atomic E-state index is 10.7. The number of carboxylic acid groups (broad SMARTS) is 1. The smallest absolute Gasteiger partial charge is 0.335 e. The molecule has 2 aromatic rings. The van der Waals surface area contributed by atoms with E-state index in [9.17, 15) is 4.79 Å². The predicted molar refractivity (Wildman–Crippen MR) is 68.9 cm³/mol. The Balaban J connectivity index is 1.97. The van der Waals surface area contributed by atoms with Crippen LogP contribution in [0.1, 0.15) is 21.5 Å². The summed E-state index contributed by atoms with van der Waals surface area (Å²) in [7, 11) is 0. The molecule has 0 aliphatic rings. The molecule has 18 heavy (non-hydrogen) atoms. The highest BCUT2D eigenvalue weighted by atomic mass is 16.4. The number of aromatic carboxylic acids is 1. The molecule has 0 atom stereocenters. The lowest BCUT2D eigenvalue weighted by atomic mass is 10.0. The molecule has 3 nitrogen and oxygen atoms in total. The molecular formula is C15H14O3. The Hall–Kier alpha value is -2.29. The number of phenols is 1. The Bertz CT molecular complexity index is 527. The van der Waals surface area contributed by atoms with Crippen molar-refractivity contribution in [3.8, 4) is 5.75 Å². The van der Waals surface area contributed by atoms with Crippen molar-refractivity contribution in [2.24, 2.45) is 0 Å².